The number of hydrogen-bond acceptors (Lipinski definition) is 2. The number of carbonyl (C=O) groups is 2. The quantitative estimate of drug-likeness (QED) is 0.383. The molecule has 4 nitrogen and oxygen atoms in total. The van der Waals surface area contributed by atoms with Gasteiger partial charge in [-0.05, 0) is 18.9 Å². The second-order valence-electron chi connectivity index (χ2n) is 3.39. The molecule has 0 rings (SSSR count). The third-order valence-electron chi connectivity index (χ3n) is 2.03. The molecule has 0 saturated carbocycles. The van der Waals surface area contributed by atoms with Crippen molar-refractivity contribution in [1.82, 2.24) is 10.6 Å². The summed E-state index contributed by atoms with van der Waals surface area (Å²) in [6.45, 7) is 4.79. The summed E-state index contributed by atoms with van der Waals surface area (Å²) in [5, 5.41) is 5.86. The molecule has 0 aliphatic rings. The summed E-state index contributed by atoms with van der Waals surface area (Å²) < 4.78 is 0. The number of halogens is 1. The Hall–Kier alpha value is -0.840. The maximum atomic E-state index is 10.8. The van der Waals surface area contributed by atoms with E-state index in [4.69, 9.17) is 0 Å². The van der Waals surface area contributed by atoms with Crippen molar-refractivity contribution < 1.29 is 9.59 Å². The predicted octanol–water partition coefficient (Wildman–Crippen LogP) is 1.36. The van der Waals surface area contributed by atoms with Crippen LogP contribution in [0.5, 0.6) is 0 Å². The molecule has 0 bridgehead atoms. The molecule has 0 unspecified atom stereocenters. The first-order chi connectivity index (χ1) is 7.70. The van der Waals surface area contributed by atoms with E-state index in [1.54, 1.807) is 0 Å². The fourth-order valence-electron chi connectivity index (χ4n) is 1.16. The summed E-state index contributed by atoms with van der Waals surface area (Å²) in [4.78, 5) is 21.6. The van der Waals surface area contributed by atoms with E-state index in [0.29, 0.717) is 11.9 Å². The molecule has 92 valence electrons. The van der Waals surface area contributed by atoms with Crippen molar-refractivity contribution in [3.63, 3.8) is 0 Å². The highest BCUT2D eigenvalue weighted by atomic mass is 79.9. The normalized spacial score (nSPS) is 9.56. The first-order valence-corrected chi connectivity index (χ1v) is 6.55. The summed E-state index contributed by atoms with van der Waals surface area (Å²) in [5.41, 5.74) is 0. The Kier molecular flexibility index (Phi) is 10.1. The van der Waals surface area contributed by atoms with Crippen LogP contribution in [0.15, 0.2) is 12.7 Å². The van der Waals surface area contributed by atoms with Gasteiger partial charge in [-0.3, -0.25) is 9.59 Å². The molecular formula is C11H19BrN2O2. The lowest BCUT2D eigenvalue weighted by Crippen LogP contribution is -2.25. The minimum atomic E-state index is -0.121. The third kappa shape index (κ3) is 9.71. The van der Waals surface area contributed by atoms with E-state index >= 15 is 0 Å². The maximum absolute atomic E-state index is 10.8. The first kappa shape index (κ1) is 15.2. The van der Waals surface area contributed by atoms with Gasteiger partial charge >= 0.3 is 0 Å². The standard InChI is InChI=1S/C11H19BrN2O2/c1-2-10(15)13-7-5-3-4-6-8-14-11(16)9-12/h2H,1,3-9H2,(H,13,15)(H,14,16). The zero-order valence-electron chi connectivity index (χ0n) is 9.43. The molecule has 0 fully saturated rings. The first-order valence-electron chi connectivity index (χ1n) is 5.43. The summed E-state index contributed by atoms with van der Waals surface area (Å²) in [5.74, 6) is -0.0946. The molecule has 0 spiro atoms. The molecule has 0 aromatic carbocycles. The second kappa shape index (κ2) is 10.7. The molecule has 0 saturated heterocycles. The molecule has 0 radical (unpaired) electrons. The number of nitrogens with one attached hydrogen (secondary N) is 2. The van der Waals surface area contributed by atoms with E-state index in [1.165, 1.54) is 6.08 Å². The number of alkyl halides is 1. The monoisotopic (exact) mass is 290 g/mol. The topological polar surface area (TPSA) is 58.2 Å². The fourth-order valence-corrected chi connectivity index (χ4v) is 1.36. The number of hydrogen-bond donors (Lipinski definition) is 2. The fraction of sp³-hybridized carbons (Fsp3) is 0.636. The van der Waals surface area contributed by atoms with Crippen molar-refractivity contribution >= 4 is 27.7 Å². The van der Waals surface area contributed by atoms with Crippen LogP contribution < -0.4 is 10.6 Å². The van der Waals surface area contributed by atoms with E-state index in [-0.39, 0.29) is 11.8 Å². The van der Waals surface area contributed by atoms with Crippen molar-refractivity contribution in [1.29, 1.82) is 0 Å². The van der Waals surface area contributed by atoms with Crippen LogP contribution in [0.25, 0.3) is 0 Å². The average Bonchev–Trinajstić information content (AvgIpc) is 2.31. The van der Waals surface area contributed by atoms with Crippen molar-refractivity contribution in [2.24, 2.45) is 0 Å². The van der Waals surface area contributed by atoms with Crippen LogP contribution in [0.3, 0.4) is 0 Å². The molecule has 0 aromatic heterocycles. The number of rotatable bonds is 9. The Balaban J connectivity index is 3.13. The molecule has 5 heteroatoms. The van der Waals surface area contributed by atoms with E-state index in [9.17, 15) is 9.59 Å². The lowest BCUT2D eigenvalue weighted by molar-refractivity contribution is -0.118. The molecule has 2 amide bonds. The summed E-state index contributed by atoms with van der Waals surface area (Å²) in [7, 11) is 0. The van der Waals surface area contributed by atoms with Crippen LogP contribution in [0, 0.1) is 0 Å². The minimum absolute atomic E-state index is 0.0262. The number of unbranched alkanes of at least 4 members (excludes halogenated alkanes) is 3. The van der Waals surface area contributed by atoms with E-state index in [0.717, 1.165) is 32.2 Å². The van der Waals surface area contributed by atoms with Gasteiger partial charge in [0.2, 0.25) is 11.8 Å². The van der Waals surface area contributed by atoms with Gasteiger partial charge in [-0.15, -0.1) is 0 Å². The highest BCUT2D eigenvalue weighted by Gasteiger charge is 1.96. The van der Waals surface area contributed by atoms with E-state index in [2.05, 4.69) is 33.1 Å². The van der Waals surface area contributed by atoms with Gasteiger partial charge in [0.25, 0.3) is 0 Å². The third-order valence-corrected chi connectivity index (χ3v) is 2.54. The molecule has 2 N–H and O–H groups in total. The van der Waals surface area contributed by atoms with Crippen molar-refractivity contribution in [2.45, 2.75) is 25.7 Å². The van der Waals surface area contributed by atoms with Gasteiger partial charge in [-0.2, -0.15) is 0 Å². The second-order valence-corrected chi connectivity index (χ2v) is 3.95. The van der Waals surface area contributed by atoms with Crippen LogP contribution >= 0.6 is 15.9 Å². The van der Waals surface area contributed by atoms with Gasteiger partial charge in [0.15, 0.2) is 0 Å². The van der Waals surface area contributed by atoms with Crippen LogP contribution in [0.2, 0.25) is 0 Å². The Labute approximate surface area is 105 Å². The number of amides is 2. The van der Waals surface area contributed by atoms with E-state index < -0.39 is 0 Å². The predicted molar refractivity (Wildman–Crippen MR) is 68.5 cm³/mol. The largest absolute Gasteiger partial charge is 0.355 e. The van der Waals surface area contributed by atoms with Gasteiger partial charge in [-0.1, -0.05) is 35.4 Å². The molecule has 0 atom stereocenters. The van der Waals surface area contributed by atoms with Gasteiger partial charge < -0.3 is 10.6 Å². The van der Waals surface area contributed by atoms with Crippen LogP contribution in [0.1, 0.15) is 25.7 Å². The van der Waals surface area contributed by atoms with Crippen LogP contribution in [-0.2, 0) is 9.59 Å². The number of carbonyl (C=O) groups excluding carboxylic acids is 2. The Bertz CT molecular complexity index is 232. The Morgan fingerprint density at radius 3 is 2.12 bits per heavy atom. The summed E-state index contributed by atoms with van der Waals surface area (Å²) in [6, 6.07) is 0. The van der Waals surface area contributed by atoms with Crippen LogP contribution in [-0.4, -0.2) is 30.2 Å². The van der Waals surface area contributed by atoms with Crippen LogP contribution in [0.4, 0.5) is 0 Å². The summed E-state index contributed by atoms with van der Waals surface area (Å²) in [6.07, 6.45) is 5.34. The highest BCUT2D eigenvalue weighted by Crippen LogP contribution is 1.97. The van der Waals surface area contributed by atoms with Gasteiger partial charge in [0.1, 0.15) is 0 Å². The molecular weight excluding hydrogens is 272 g/mol. The molecule has 0 aliphatic heterocycles. The maximum Gasteiger partial charge on any atom is 0.243 e. The Morgan fingerprint density at radius 1 is 1.06 bits per heavy atom. The van der Waals surface area contributed by atoms with Gasteiger partial charge in [0, 0.05) is 13.1 Å². The average molecular weight is 291 g/mol. The lowest BCUT2D eigenvalue weighted by atomic mass is 10.2. The van der Waals surface area contributed by atoms with Gasteiger partial charge in [-0.25, -0.2) is 0 Å². The van der Waals surface area contributed by atoms with E-state index in [1.807, 2.05) is 0 Å². The Morgan fingerprint density at radius 2 is 1.62 bits per heavy atom. The zero-order chi connectivity index (χ0) is 12.2. The van der Waals surface area contributed by atoms with Crippen molar-refractivity contribution in [3.05, 3.63) is 12.7 Å². The zero-order valence-corrected chi connectivity index (χ0v) is 11.0. The molecule has 0 heterocycles. The lowest BCUT2D eigenvalue weighted by Gasteiger charge is -2.03. The molecule has 0 aliphatic carbocycles. The van der Waals surface area contributed by atoms with Crippen molar-refractivity contribution in [2.75, 3.05) is 18.4 Å². The smallest absolute Gasteiger partial charge is 0.243 e. The minimum Gasteiger partial charge on any atom is -0.355 e. The highest BCUT2D eigenvalue weighted by molar-refractivity contribution is 9.09. The summed E-state index contributed by atoms with van der Waals surface area (Å²) >= 11 is 3.08. The SMILES string of the molecule is C=CC(=O)NCCCCCCNC(=O)CBr. The van der Waals surface area contributed by atoms with Crippen molar-refractivity contribution in [3.8, 4) is 0 Å². The molecule has 0 aromatic rings. The van der Waals surface area contributed by atoms with Gasteiger partial charge in [0.05, 0.1) is 5.33 Å². The molecule has 16 heavy (non-hydrogen) atoms.